The minimum Gasteiger partial charge on any atom is -0.367 e. The highest BCUT2D eigenvalue weighted by Crippen LogP contribution is 2.41. The van der Waals surface area contributed by atoms with Gasteiger partial charge in [0.2, 0.25) is 0 Å². The molecule has 5 aliphatic heterocycles. The molecule has 3 fully saturated rings. The number of benzene rings is 4. The first-order valence-electron chi connectivity index (χ1n) is 26.6. The Morgan fingerprint density at radius 2 is 1.61 bits per heavy atom. The maximum Gasteiger partial charge on any atom is 0.259 e. The minimum absolute atomic E-state index is 0.213. The van der Waals surface area contributed by atoms with E-state index in [9.17, 15) is 4.79 Å². The van der Waals surface area contributed by atoms with Crippen molar-refractivity contribution in [3.05, 3.63) is 180 Å². The number of nitrogens with zero attached hydrogens (tertiary/aromatic N) is 7. The number of anilines is 3. The molecule has 10 nitrogen and oxygen atoms in total. The number of hydrogen-bond acceptors (Lipinski definition) is 10. The number of nitrogens with one attached hydrogen (secondary N) is 2. The molecule has 0 aliphatic carbocycles. The topological polar surface area (TPSA) is 83.1 Å². The van der Waals surface area contributed by atoms with Crippen LogP contribution in [0.5, 0.6) is 0 Å². The molecule has 2 aromatic heterocycles. The van der Waals surface area contributed by atoms with Crippen LogP contribution in [0, 0.1) is 18.7 Å². The number of piperazine rings is 1. The van der Waals surface area contributed by atoms with E-state index in [-0.39, 0.29) is 17.8 Å². The Labute approximate surface area is 440 Å². The number of allylic oxidation sites excluding steroid dienone is 1. The van der Waals surface area contributed by atoms with Crippen LogP contribution in [0.15, 0.2) is 129 Å². The fourth-order valence-corrected chi connectivity index (χ4v) is 13.0. The zero-order chi connectivity index (χ0) is 51.0. The van der Waals surface area contributed by atoms with E-state index in [1.165, 1.54) is 59.6 Å². The van der Waals surface area contributed by atoms with Gasteiger partial charge in [-0.1, -0.05) is 99.2 Å². The summed E-state index contributed by atoms with van der Waals surface area (Å²) in [5.41, 5.74) is 15.5. The lowest BCUT2D eigenvalue weighted by atomic mass is 9.89. The zero-order valence-corrected chi connectivity index (χ0v) is 43.7. The predicted molar refractivity (Wildman–Crippen MR) is 305 cm³/mol. The third-order valence-electron chi connectivity index (χ3n) is 16.4. The van der Waals surface area contributed by atoms with Gasteiger partial charge in [0, 0.05) is 91.8 Å². The predicted octanol–water partition coefficient (Wildman–Crippen LogP) is 12.2. The molecule has 0 bridgehead atoms. The first kappa shape index (κ1) is 49.4. The molecule has 6 aromatic rings. The normalized spacial score (nSPS) is 18.7. The Morgan fingerprint density at radius 3 is 2.39 bits per heavy atom. The molecule has 1 unspecified atom stereocenters. The summed E-state index contributed by atoms with van der Waals surface area (Å²) in [7, 11) is 0. The number of likely N-dealkylation sites (tertiary alicyclic amines) is 1. The number of hydrogen-bond donors (Lipinski definition) is 2. The van der Waals surface area contributed by atoms with Crippen molar-refractivity contribution in [1.29, 1.82) is 0 Å². The number of amides is 1. The Kier molecular flexibility index (Phi) is 14.1. The Balaban J connectivity index is 0.638. The number of para-hydroxylation sites is 1. The van der Waals surface area contributed by atoms with Crippen LogP contribution >= 0.6 is 11.3 Å². The molecule has 7 heterocycles. The second-order valence-corrected chi connectivity index (χ2v) is 21.9. The number of carbonyl (C=O) groups excluding carboxylic acids is 1. The van der Waals surface area contributed by atoms with E-state index in [1.54, 1.807) is 16.2 Å². The van der Waals surface area contributed by atoms with Crippen LogP contribution in [-0.4, -0.2) is 95.5 Å². The van der Waals surface area contributed by atoms with Crippen molar-refractivity contribution in [2.24, 2.45) is 5.92 Å². The Hall–Kier alpha value is -6.86. The molecular weight excluding hydrogens is 938 g/mol. The lowest BCUT2D eigenvalue weighted by Crippen LogP contribution is -2.49. The summed E-state index contributed by atoms with van der Waals surface area (Å²) in [6, 6.07) is 29.0. The number of aryl methyl sites for hydroxylation is 1. The van der Waals surface area contributed by atoms with Crippen molar-refractivity contribution >= 4 is 61.6 Å². The number of pyridine rings is 1. The Bertz CT molecular complexity index is 3160. The van der Waals surface area contributed by atoms with Crippen molar-refractivity contribution < 1.29 is 9.18 Å². The lowest BCUT2D eigenvalue weighted by molar-refractivity contribution is 0.0809. The molecule has 380 valence electrons. The first-order chi connectivity index (χ1) is 36.0. The van der Waals surface area contributed by atoms with Crippen LogP contribution in [0.1, 0.15) is 88.0 Å². The van der Waals surface area contributed by atoms with Gasteiger partial charge in [0.1, 0.15) is 11.6 Å². The highest BCUT2D eigenvalue weighted by molar-refractivity contribution is 7.22. The van der Waals surface area contributed by atoms with Gasteiger partial charge in [0.25, 0.3) is 5.91 Å². The summed E-state index contributed by atoms with van der Waals surface area (Å²) in [4.78, 5) is 34.9. The number of rotatable bonds is 15. The second kappa shape index (κ2) is 21.2. The van der Waals surface area contributed by atoms with Gasteiger partial charge in [-0.3, -0.25) is 14.6 Å². The van der Waals surface area contributed by atoms with Crippen molar-refractivity contribution in [2.45, 2.75) is 70.9 Å². The third kappa shape index (κ3) is 9.95. The third-order valence-corrected chi connectivity index (χ3v) is 17.4. The van der Waals surface area contributed by atoms with E-state index in [0.29, 0.717) is 28.9 Å². The summed E-state index contributed by atoms with van der Waals surface area (Å²) in [6.45, 7) is 32.7. The molecule has 0 spiro atoms. The highest BCUT2D eigenvalue weighted by Gasteiger charge is 2.40. The number of thiazole rings is 1. The minimum atomic E-state index is -0.351. The molecule has 1 amide bonds. The van der Waals surface area contributed by atoms with Gasteiger partial charge < -0.3 is 25.3 Å². The van der Waals surface area contributed by atoms with Gasteiger partial charge in [-0.25, -0.2) is 14.4 Å². The molecule has 74 heavy (non-hydrogen) atoms. The molecule has 2 N–H and O–H groups in total. The summed E-state index contributed by atoms with van der Waals surface area (Å²) >= 11 is 1.65. The summed E-state index contributed by atoms with van der Waals surface area (Å²) in [6.07, 6.45) is 10.3. The lowest BCUT2D eigenvalue weighted by Gasteiger charge is -2.38. The fraction of sp³-hybridized carbons (Fsp3) is 0.339. The number of carbonyl (C=O) groups is 1. The first-order valence-corrected chi connectivity index (χ1v) is 27.4. The summed E-state index contributed by atoms with van der Waals surface area (Å²) < 4.78 is 16.8. The maximum absolute atomic E-state index is 15.7. The highest BCUT2D eigenvalue weighted by atomic mass is 32.1. The van der Waals surface area contributed by atoms with Crippen LogP contribution in [-0.2, 0) is 19.4 Å². The van der Waals surface area contributed by atoms with Crippen molar-refractivity contribution in [3.63, 3.8) is 0 Å². The SMILES string of the molecule is C=Cc1nc(N2CCc3cccc(C(=C)Nc4nc5ccccc5s4)c3C2)ccc1-c1cccc(CCCC2CCN(CCN3CCN(c4cc5c(cc4F)C(=O)N(C4CCC(=C)NC4=C)C5=C)CC3)CC2)c1C. The molecule has 0 radical (unpaired) electrons. The van der Waals surface area contributed by atoms with E-state index in [0.717, 1.165) is 146 Å². The monoisotopic (exact) mass is 1010 g/mol. The van der Waals surface area contributed by atoms with Crippen molar-refractivity contribution in [2.75, 3.05) is 74.0 Å². The van der Waals surface area contributed by atoms with E-state index in [4.69, 9.17) is 9.97 Å². The van der Waals surface area contributed by atoms with E-state index >= 15 is 4.39 Å². The maximum atomic E-state index is 15.7. The standard InChI is InChI=1S/C62H68FN9OS/c1-7-55-50(22-24-60(66-55)71-30-27-47-16-12-18-49(53(47)39-71)42(4)65-62-67-56-19-8-9-20-59(56)74-62)48-17-11-15-46(41(48)3)14-10-13-45-25-28-68(29-26-45)31-32-69-33-35-70(36-34-69)58-38-51-44(6)72(61(73)52(51)37-54(58)63)57-23-21-40(2)64-43(57)5/h7-9,11-12,15-20,22,24,37-38,45,57,64H,1-2,4-6,10,13-14,21,23,25-36,39H2,3H3,(H,65,67). The molecule has 0 saturated carbocycles. The number of halogens is 1. The molecule has 12 heteroatoms. The van der Waals surface area contributed by atoms with Gasteiger partial charge in [0.05, 0.1) is 33.2 Å². The second-order valence-electron chi connectivity index (χ2n) is 20.9. The van der Waals surface area contributed by atoms with E-state index in [1.807, 2.05) is 30.3 Å². The van der Waals surface area contributed by atoms with Gasteiger partial charge in [-0.2, -0.15) is 0 Å². The average molecular weight is 1010 g/mol. The molecule has 1 atom stereocenters. The van der Waals surface area contributed by atoms with E-state index < -0.39 is 0 Å². The van der Waals surface area contributed by atoms with Crippen molar-refractivity contribution in [1.82, 2.24) is 30.0 Å². The van der Waals surface area contributed by atoms with Crippen LogP contribution in [0.2, 0.25) is 0 Å². The van der Waals surface area contributed by atoms with E-state index in [2.05, 4.69) is 125 Å². The number of piperidine rings is 2. The van der Waals surface area contributed by atoms with Crippen LogP contribution in [0.3, 0.4) is 0 Å². The van der Waals surface area contributed by atoms with Gasteiger partial charge in [-0.15, -0.1) is 0 Å². The smallest absolute Gasteiger partial charge is 0.259 e. The summed E-state index contributed by atoms with van der Waals surface area (Å²) in [5, 5.41) is 7.57. The van der Waals surface area contributed by atoms with Crippen LogP contribution in [0.4, 0.5) is 21.0 Å². The molecular formula is C62H68FN9OS. The van der Waals surface area contributed by atoms with Crippen LogP contribution < -0.4 is 20.4 Å². The van der Waals surface area contributed by atoms with Gasteiger partial charge in [0.15, 0.2) is 5.13 Å². The zero-order valence-electron chi connectivity index (χ0n) is 42.9. The Morgan fingerprint density at radius 1 is 0.824 bits per heavy atom. The summed E-state index contributed by atoms with van der Waals surface area (Å²) in [5.74, 6) is 1.16. The molecule has 3 saturated heterocycles. The average Bonchev–Trinajstić information content (AvgIpc) is 3.95. The quantitative estimate of drug-likeness (QED) is 0.105. The molecule has 11 rings (SSSR count). The number of fused-ring (bicyclic) bond motifs is 3. The van der Waals surface area contributed by atoms with Gasteiger partial charge in [-0.05, 0) is 141 Å². The fourth-order valence-electron chi connectivity index (χ4n) is 12.1. The largest absolute Gasteiger partial charge is 0.367 e. The van der Waals surface area contributed by atoms with Gasteiger partial charge >= 0.3 is 0 Å². The van der Waals surface area contributed by atoms with Crippen LogP contribution in [0.25, 0.3) is 38.8 Å². The van der Waals surface area contributed by atoms with Crippen molar-refractivity contribution in [3.8, 4) is 11.1 Å². The molecule has 5 aliphatic rings. The molecule has 4 aromatic carbocycles. The number of aromatic nitrogens is 2.